The van der Waals surface area contributed by atoms with Crippen molar-refractivity contribution in [3.63, 3.8) is 0 Å². The lowest BCUT2D eigenvalue weighted by molar-refractivity contribution is 0.435. The molecule has 2 rings (SSSR count). The zero-order valence-electron chi connectivity index (χ0n) is 9.84. The highest BCUT2D eigenvalue weighted by Gasteiger charge is 2.24. The largest absolute Gasteiger partial charge is 0.452 e. The van der Waals surface area contributed by atoms with Gasteiger partial charge >= 0.3 is 0 Å². The minimum atomic E-state index is 0.654. The second kappa shape index (κ2) is 6.64. The van der Waals surface area contributed by atoms with E-state index in [1.807, 2.05) is 6.07 Å². The second-order valence-electron chi connectivity index (χ2n) is 4.30. The van der Waals surface area contributed by atoms with Gasteiger partial charge < -0.3 is 9.73 Å². The van der Waals surface area contributed by atoms with Gasteiger partial charge in [0.25, 0.3) is 0 Å². The molecular weight excluding hydrogens is 366 g/mol. The zero-order valence-corrected chi connectivity index (χ0v) is 13.8. The van der Waals surface area contributed by atoms with Crippen LogP contribution in [-0.2, 0) is 6.54 Å². The van der Waals surface area contributed by atoms with Gasteiger partial charge in [-0.3, -0.25) is 0 Å². The van der Waals surface area contributed by atoms with Crippen molar-refractivity contribution >= 4 is 43.6 Å². The monoisotopic (exact) mass is 381 g/mol. The van der Waals surface area contributed by atoms with Crippen LogP contribution in [0.4, 0.5) is 0 Å². The van der Waals surface area contributed by atoms with Gasteiger partial charge in [0.05, 0.1) is 11.0 Å². The van der Waals surface area contributed by atoms with Crippen molar-refractivity contribution in [3.05, 3.63) is 21.0 Å². The summed E-state index contributed by atoms with van der Waals surface area (Å²) in [7, 11) is 0. The maximum atomic E-state index is 5.55. The van der Waals surface area contributed by atoms with E-state index in [1.54, 1.807) is 0 Å². The lowest BCUT2D eigenvalue weighted by Crippen LogP contribution is -2.25. The molecule has 17 heavy (non-hydrogen) atoms. The number of halogens is 2. The van der Waals surface area contributed by atoms with Crippen LogP contribution in [0.15, 0.2) is 19.6 Å². The van der Waals surface area contributed by atoms with Crippen molar-refractivity contribution < 1.29 is 4.42 Å². The van der Waals surface area contributed by atoms with Crippen LogP contribution in [0.1, 0.15) is 31.9 Å². The van der Waals surface area contributed by atoms with Crippen molar-refractivity contribution in [2.45, 2.75) is 44.0 Å². The topological polar surface area (TPSA) is 25.2 Å². The normalized spacial score (nSPS) is 24.4. The summed E-state index contributed by atoms with van der Waals surface area (Å²) in [6, 6.07) is 2.67. The van der Waals surface area contributed by atoms with Crippen LogP contribution >= 0.6 is 43.6 Å². The van der Waals surface area contributed by atoms with Gasteiger partial charge in [0.15, 0.2) is 4.67 Å². The van der Waals surface area contributed by atoms with E-state index in [-0.39, 0.29) is 0 Å². The average Bonchev–Trinajstić information content (AvgIpc) is 2.85. The van der Waals surface area contributed by atoms with E-state index >= 15 is 0 Å². The fourth-order valence-corrected chi connectivity index (χ4v) is 4.04. The van der Waals surface area contributed by atoms with Gasteiger partial charge in [-0.15, -0.1) is 0 Å². The molecule has 1 aromatic rings. The Labute approximate surface area is 124 Å². The zero-order chi connectivity index (χ0) is 12.3. The van der Waals surface area contributed by atoms with Gasteiger partial charge in [-0.05, 0) is 62.9 Å². The Morgan fingerprint density at radius 3 is 2.94 bits per heavy atom. The first-order valence-electron chi connectivity index (χ1n) is 5.97. The number of thioether (sulfide) groups is 1. The van der Waals surface area contributed by atoms with Crippen LogP contribution in [-0.4, -0.2) is 17.0 Å². The highest BCUT2D eigenvalue weighted by molar-refractivity contribution is 9.13. The molecule has 0 amide bonds. The van der Waals surface area contributed by atoms with Crippen LogP contribution in [0.2, 0.25) is 0 Å². The Morgan fingerprint density at radius 2 is 2.29 bits per heavy atom. The molecule has 0 aliphatic heterocycles. The Kier molecular flexibility index (Phi) is 5.46. The molecule has 5 heteroatoms. The first-order chi connectivity index (χ1) is 8.19. The summed E-state index contributed by atoms with van der Waals surface area (Å²) in [5.74, 6) is 2.21. The smallest absolute Gasteiger partial charge is 0.183 e. The van der Waals surface area contributed by atoms with Crippen LogP contribution in [0.25, 0.3) is 0 Å². The van der Waals surface area contributed by atoms with Crippen molar-refractivity contribution in [3.8, 4) is 0 Å². The number of hydrogen-bond donors (Lipinski definition) is 1. The van der Waals surface area contributed by atoms with E-state index in [0.717, 1.165) is 26.7 Å². The summed E-state index contributed by atoms with van der Waals surface area (Å²) in [6.45, 7) is 3.06. The van der Waals surface area contributed by atoms with Crippen LogP contribution < -0.4 is 5.32 Å². The molecule has 0 saturated heterocycles. The van der Waals surface area contributed by atoms with E-state index in [2.05, 4.69) is 55.9 Å². The molecule has 2 atom stereocenters. The number of nitrogens with one attached hydrogen (secondary N) is 1. The molecule has 1 saturated carbocycles. The highest BCUT2D eigenvalue weighted by Crippen LogP contribution is 2.30. The third kappa shape index (κ3) is 4.01. The van der Waals surface area contributed by atoms with Crippen LogP contribution in [0.5, 0.6) is 0 Å². The predicted molar refractivity (Wildman–Crippen MR) is 80.5 cm³/mol. The van der Waals surface area contributed by atoms with E-state index in [9.17, 15) is 0 Å². The maximum Gasteiger partial charge on any atom is 0.183 e. The minimum Gasteiger partial charge on any atom is -0.452 e. The van der Waals surface area contributed by atoms with Crippen molar-refractivity contribution in [1.82, 2.24) is 5.32 Å². The molecule has 0 aromatic carbocycles. The van der Waals surface area contributed by atoms with Gasteiger partial charge in [-0.1, -0.05) is 6.92 Å². The second-order valence-corrected chi connectivity index (χ2v) is 7.45. The molecule has 1 N–H and O–H groups in total. The highest BCUT2D eigenvalue weighted by atomic mass is 79.9. The molecule has 0 radical (unpaired) electrons. The standard InChI is InChI=1S/C12H17Br2NOS/c1-2-17-10-4-3-8(5-10)15-7-9-6-11(13)12(14)16-9/h6,8,10,15H,2-5,7H2,1H3. The van der Waals surface area contributed by atoms with Crippen molar-refractivity contribution in [2.75, 3.05) is 5.75 Å². The first kappa shape index (κ1) is 14.0. The lowest BCUT2D eigenvalue weighted by atomic mass is 10.2. The fourth-order valence-electron chi connectivity index (χ4n) is 2.24. The van der Waals surface area contributed by atoms with Gasteiger partial charge in [0, 0.05) is 11.3 Å². The van der Waals surface area contributed by atoms with Gasteiger partial charge in [0.2, 0.25) is 0 Å². The summed E-state index contributed by atoms with van der Waals surface area (Å²) in [4.78, 5) is 0. The third-order valence-electron chi connectivity index (χ3n) is 3.05. The first-order valence-corrected chi connectivity index (χ1v) is 8.61. The lowest BCUT2D eigenvalue weighted by Gasteiger charge is -2.11. The molecule has 1 fully saturated rings. The van der Waals surface area contributed by atoms with E-state index in [1.165, 1.54) is 25.0 Å². The third-order valence-corrected chi connectivity index (χ3v) is 5.99. The molecule has 1 aliphatic rings. The summed E-state index contributed by atoms with van der Waals surface area (Å²) < 4.78 is 7.31. The average molecular weight is 383 g/mol. The molecule has 0 spiro atoms. The Morgan fingerprint density at radius 1 is 1.47 bits per heavy atom. The maximum absolute atomic E-state index is 5.55. The summed E-state index contributed by atoms with van der Waals surface area (Å²) in [5.41, 5.74) is 0. The Balaban J connectivity index is 1.76. The molecule has 96 valence electrons. The fraction of sp³-hybridized carbons (Fsp3) is 0.667. The molecule has 2 nitrogen and oxygen atoms in total. The molecule has 0 bridgehead atoms. The summed E-state index contributed by atoms with van der Waals surface area (Å²) in [6.07, 6.45) is 3.93. The van der Waals surface area contributed by atoms with Crippen LogP contribution in [0, 0.1) is 0 Å². The van der Waals surface area contributed by atoms with Crippen molar-refractivity contribution in [1.29, 1.82) is 0 Å². The summed E-state index contributed by atoms with van der Waals surface area (Å²) >= 11 is 8.88. The SMILES string of the molecule is CCSC1CCC(NCc2cc(Br)c(Br)o2)C1. The van der Waals surface area contributed by atoms with Gasteiger partial charge in [-0.2, -0.15) is 11.8 Å². The van der Waals surface area contributed by atoms with E-state index in [4.69, 9.17) is 4.42 Å². The predicted octanol–water partition coefficient (Wildman–Crippen LogP) is 4.57. The Bertz CT molecular complexity index is 350. The van der Waals surface area contributed by atoms with E-state index < -0.39 is 0 Å². The molecular formula is C12H17Br2NOS. The molecule has 1 heterocycles. The van der Waals surface area contributed by atoms with Crippen molar-refractivity contribution in [2.24, 2.45) is 0 Å². The number of rotatable bonds is 5. The quantitative estimate of drug-likeness (QED) is 0.807. The summed E-state index contributed by atoms with van der Waals surface area (Å²) in [5, 5.41) is 4.43. The number of furan rings is 1. The molecule has 2 unspecified atom stereocenters. The molecule has 1 aliphatic carbocycles. The van der Waals surface area contributed by atoms with Crippen LogP contribution in [0.3, 0.4) is 0 Å². The van der Waals surface area contributed by atoms with Gasteiger partial charge in [-0.25, -0.2) is 0 Å². The minimum absolute atomic E-state index is 0.654. The molecule has 1 aromatic heterocycles. The number of hydrogen-bond acceptors (Lipinski definition) is 3. The Hall–Kier alpha value is 0.550. The van der Waals surface area contributed by atoms with E-state index in [0.29, 0.717) is 6.04 Å². The van der Waals surface area contributed by atoms with Gasteiger partial charge in [0.1, 0.15) is 5.76 Å².